The SMILES string of the molecule is O=C(Nc1ccccc1)c1cc(F)ccc1[N+](=O)[O-]. The molecular formula is C13H9FN2O3. The zero-order chi connectivity index (χ0) is 13.8. The predicted octanol–water partition coefficient (Wildman–Crippen LogP) is 2.99. The van der Waals surface area contributed by atoms with E-state index in [2.05, 4.69) is 5.32 Å². The summed E-state index contributed by atoms with van der Waals surface area (Å²) in [5, 5.41) is 13.3. The number of rotatable bonds is 3. The summed E-state index contributed by atoms with van der Waals surface area (Å²) in [7, 11) is 0. The Morgan fingerprint density at radius 3 is 2.47 bits per heavy atom. The molecule has 6 heteroatoms. The predicted molar refractivity (Wildman–Crippen MR) is 67.4 cm³/mol. The number of carbonyl (C=O) groups is 1. The number of para-hydroxylation sites is 1. The Labute approximate surface area is 107 Å². The summed E-state index contributed by atoms with van der Waals surface area (Å²) in [5.74, 6) is -1.43. The maximum Gasteiger partial charge on any atom is 0.282 e. The van der Waals surface area contributed by atoms with Gasteiger partial charge in [-0.05, 0) is 24.3 Å². The van der Waals surface area contributed by atoms with Crippen molar-refractivity contribution in [1.29, 1.82) is 0 Å². The molecule has 0 saturated carbocycles. The molecule has 0 aliphatic heterocycles. The summed E-state index contributed by atoms with van der Waals surface area (Å²) in [6.07, 6.45) is 0. The van der Waals surface area contributed by atoms with Crippen LogP contribution in [0.3, 0.4) is 0 Å². The number of anilines is 1. The standard InChI is InChI=1S/C13H9FN2O3/c14-9-6-7-12(16(18)19)11(8-9)13(17)15-10-4-2-1-3-5-10/h1-8H,(H,15,17). The van der Waals surface area contributed by atoms with Crippen molar-refractivity contribution in [3.63, 3.8) is 0 Å². The first-order chi connectivity index (χ1) is 9.08. The van der Waals surface area contributed by atoms with Gasteiger partial charge in [0, 0.05) is 11.8 Å². The molecule has 96 valence electrons. The third-order valence-corrected chi connectivity index (χ3v) is 2.43. The second kappa shape index (κ2) is 5.26. The molecule has 0 heterocycles. The van der Waals surface area contributed by atoms with Crippen LogP contribution in [-0.2, 0) is 0 Å². The van der Waals surface area contributed by atoms with Crippen LogP contribution in [-0.4, -0.2) is 10.8 Å². The van der Waals surface area contributed by atoms with E-state index in [1.807, 2.05) is 0 Å². The number of benzene rings is 2. The van der Waals surface area contributed by atoms with E-state index in [-0.39, 0.29) is 5.56 Å². The smallest absolute Gasteiger partial charge is 0.282 e. The lowest BCUT2D eigenvalue weighted by atomic mass is 10.1. The van der Waals surface area contributed by atoms with Gasteiger partial charge in [-0.2, -0.15) is 0 Å². The van der Waals surface area contributed by atoms with Crippen molar-refractivity contribution in [3.8, 4) is 0 Å². The molecule has 0 atom stereocenters. The molecule has 0 spiro atoms. The van der Waals surface area contributed by atoms with Crippen LogP contribution in [0, 0.1) is 15.9 Å². The summed E-state index contributed by atoms with van der Waals surface area (Å²) in [4.78, 5) is 22.0. The second-order valence-electron chi connectivity index (χ2n) is 3.74. The van der Waals surface area contributed by atoms with Crippen LogP contribution >= 0.6 is 0 Å². The Hall–Kier alpha value is -2.76. The molecular weight excluding hydrogens is 251 g/mol. The van der Waals surface area contributed by atoms with Gasteiger partial charge in [-0.3, -0.25) is 14.9 Å². The second-order valence-corrected chi connectivity index (χ2v) is 3.74. The molecule has 2 aromatic rings. The minimum absolute atomic E-state index is 0.311. The van der Waals surface area contributed by atoms with Crippen molar-refractivity contribution in [1.82, 2.24) is 0 Å². The lowest BCUT2D eigenvalue weighted by molar-refractivity contribution is -0.385. The molecule has 0 saturated heterocycles. The number of hydrogen-bond acceptors (Lipinski definition) is 3. The number of nitrogens with one attached hydrogen (secondary N) is 1. The van der Waals surface area contributed by atoms with Gasteiger partial charge in [0.2, 0.25) is 0 Å². The van der Waals surface area contributed by atoms with Crippen molar-refractivity contribution < 1.29 is 14.1 Å². The van der Waals surface area contributed by atoms with Gasteiger partial charge in [-0.1, -0.05) is 18.2 Å². The Bertz CT molecular complexity index is 629. The molecule has 1 amide bonds. The van der Waals surface area contributed by atoms with Crippen molar-refractivity contribution in [2.24, 2.45) is 0 Å². The summed E-state index contributed by atoms with van der Waals surface area (Å²) < 4.78 is 13.1. The molecule has 2 rings (SSSR count). The highest BCUT2D eigenvalue weighted by molar-refractivity contribution is 6.07. The zero-order valence-corrected chi connectivity index (χ0v) is 9.67. The van der Waals surface area contributed by atoms with E-state index in [1.54, 1.807) is 30.3 Å². The van der Waals surface area contributed by atoms with E-state index in [0.29, 0.717) is 5.69 Å². The van der Waals surface area contributed by atoms with Crippen molar-refractivity contribution in [3.05, 3.63) is 70.0 Å². The van der Waals surface area contributed by atoms with E-state index in [1.165, 1.54) is 0 Å². The number of nitrogens with zero attached hydrogens (tertiary/aromatic N) is 1. The average Bonchev–Trinajstić information content (AvgIpc) is 2.39. The average molecular weight is 260 g/mol. The molecule has 0 aliphatic rings. The van der Waals surface area contributed by atoms with E-state index >= 15 is 0 Å². The van der Waals surface area contributed by atoms with Gasteiger partial charge >= 0.3 is 0 Å². The molecule has 2 aromatic carbocycles. The van der Waals surface area contributed by atoms with Crippen molar-refractivity contribution in [2.75, 3.05) is 5.32 Å². The third kappa shape index (κ3) is 2.92. The Balaban J connectivity index is 2.33. The Kier molecular flexibility index (Phi) is 3.51. The van der Waals surface area contributed by atoms with Crippen LogP contribution < -0.4 is 5.32 Å². The third-order valence-electron chi connectivity index (χ3n) is 2.43. The van der Waals surface area contributed by atoms with Gasteiger partial charge in [0.15, 0.2) is 0 Å². The van der Waals surface area contributed by atoms with Crippen LogP contribution in [0.1, 0.15) is 10.4 Å². The van der Waals surface area contributed by atoms with Crippen LogP contribution in [0.15, 0.2) is 48.5 Å². The summed E-state index contributed by atoms with van der Waals surface area (Å²) >= 11 is 0. The number of carbonyl (C=O) groups excluding carboxylic acids is 1. The minimum atomic E-state index is -0.725. The number of hydrogen-bond donors (Lipinski definition) is 1. The monoisotopic (exact) mass is 260 g/mol. The van der Waals surface area contributed by atoms with Gasteiger partial charge in [-0.25, -0.2) is 4.39 Å². The fourth-order valence-electron chi connectivity index (χ4n) is 1.57. The lowest BCUT2D eigenvalue weighted by Gasteiger charge is -2.05. The molecule has 0 aliphatic carbocycles. The largest absolute Gasteiger partial charge is 0.322 e. The summed E-state index contributed by atoms with van der Waals surface area (Å²) in [6, 6.07) is 11.2. The van der Waals surface area contributed by atoms with Gasteiger partial charge in [0.05, 0.1) is 4.92 Å². The first-order valence-corrected chi connectivity index (χ1v) is 5.38. The number of amides is 1. The van der Waals surface area contributed by atoms with Gasteiger partial charge in [0.25, 0.3) is 11.6 Å². The number of nitro benzene ring substituents is 1. The highest BCUT2D eigenvalue weighted by Crippen LogP contribution is 2.20. The Morgan fingerprint density at radius 2 is 1.84 bits per heavy atom. The highest BCUT2D eigenvalue weighted by atomic mass is 19.1. The molecule has 5 nitrogen and oxygen atoms in total. The van der Waals surface area contributed by atoms with Crippen LogP contribution in [0.4, 0.5) is 15.8 Å². The van der Waals surface area contributed by atoms with Crippen LogP contribution in [0.25, 0.3) is 0 Å². The van der Waals surface area contributed by atoms with Gasteiger partial charge in [0.1, 0.15) is 11.4 Å². The lowest BCUT2D eigenvalue weighted by Crippen LogP contribution is -2.14. The number of halogens is 1. The molecule has 0 fully saturated rings. The molecule has 1 N–H and O–H groups in total. The molecule has 0 radical (unpaired) electrons. The summed E-state index contributed by atoms with van der Waals surface area (Å²) in [6.45, 7) is 0. The van der Waals surface area contributed by atoms with Gasteiger partial charge in [-0.15, -0.1) is 0 Å². The van der Waals surface area contributed by atoms with Crippen LogP contribution in [0.2, 0.25) is 0 Å². The molecule has 0 bridgehead atoms. The topological polar surface area (TPSA) is 72.2 Å². The maximum atomic E-state index is 13.1. The zero-order valence-electron chi connectivity index (χ0n) is 9.67. The molecule has 0 aromatic heterocycles. The summed E-state index contributed by atoms with van der Waals surface area (Å²) in [5.41, 5.74) is -0.269. The fraction of sp³-hybridized carbons (Fsp3) is 0. The van der Waals surface area contributed by atoms with Crippen molar-refractivity contribution >= 4 is 17.3 Å². The first kappa shape index (κ1) is 12.7. The minimum Gasteiger partial charge on any atom is -0.322 e. The molecule has 19 heavy (non-hydrogen) atoms. The maximum absolute atomic E-state index is 13.1. The molecule has 0 unspecified atom stereocenters. The van der Waals surface area contributed by atoms with Crippen LogP contribution in [0.5, 0.6) is 0 Å². The first-order valence-electron chi connectivity index (χ1n) is 5.38. The van der Waals surface area contributed by atoms with E-state index in [9.17, 15) is 19.3 Å². The van der Waals surface area contributed by atoms with Crippen molar-refractivity contribution in [2.45, 2.75) is 0 Å². The van der Waals surface area contributed by atoms with Gasteiger partial charge < -0.3 is 5.32 Å². The van der Waals surface area contributed by atoms with E-state index in [0.717, 1.165) is 18.2 Å². The highest BCUT2D eigenvalue weighted by Gasteiger charge is 2.20. The quantitative estimate of drug-likeness (QED) is 0.681. The van der Waals surface area contributed by atoms with E-state index < -0.39 is 22.3 Å². The van der Waals surface area contributed by atoms with E-state index in [4.69, 9.17) is 0 Å². The number of nitro groups is 1. The Morgan fingerprint density at radius 1 is 1.16 bits per heavy atom. The fourth-order valence-corrected chi connectivity index (χ4v) is 1.57. The normalized spacial score (nSPS) is 9.95.